The van der Waals surface area contributed by atoms with Gasteiger partial charge in [0.1, 0.15) is 16.3 Å². The van der Waals surface area contributed by atoms with E-state index < -0.39 is 37.9 Å². The first-order valence-electron chi connectivity index (χ1n) is 5.57. The second-order valence-electron chi connectivity index (χ2n) is 3.99. The Labute approximate surface area is 146 Å². The molecule has 0 saturated carbocycles. The fourth-order valence-electron chi connectivity index (χ4n) is 1.09. The van der Waals surface area contributed by atoms with Crippen LogP contribution in [0.15, 0.2) is 22.7 Å². The number of halogens is 4. The summed E-state index contributed by atoms with van der Waals surface area (Å²) in [6, 6.07) is 3.06. The number of benzene rings is 1. The first kappa shape index (κ1) is 19.9. The summed E-state index contributed by atoms with van der Waals surface area (Å²) in [7, 11) is -6.21. The maximum atomic E-state index is 13.0. The topological polar surface area (TPSA) is 110 Å². The second kappa shape index (κ2) is 7.20. The zero-order chi connectivity index (χ0) is 18.0. The molecule has 1 unspecified atom stereocenters. The van der Waals surface area contributed by atoms with Crippen molar-refractivity contribution in [1.29, 1.82) is 0 Å². The molecular weight excluding hydrogens is 474 g/mol. The van der Waals surface area contributed by atoms with E-state index >= 15 is 0 Å². The van der Waals surface area contributed by atoms with E-state index in [0.29, 0.717) is 0 Å². The molecule has 0 radical (unpaired) electrons. The molecule has 0 heterocycles. The molecule has 0 aliphatic rings. The molecular formula is C11H7Br2F2O7S-. The van der Waals surface area contributed by atoms with Gasteiger partial charge in [0.05, 0.1) is 4.47 Å². The molecule has 23 heavy (non-hydrogen) atoms. The highest BCUT2D eigenvalue weighted by molar-refractivity contribution is 9.10. The molecule has 0 aliphatic carbocycles. The summed E-state index contributed by atoms with van der Waals surface area (Å²) in [6.07, 6.45) is 0. The number of carbonyl (C=O) groups excluding carboxylic acids is 2. The number of alkyl halides is 3. The molecule has 7 nitrogen and oxygen atoms in total. The van der Waals surface area contributed by atoms with Crippen molar-refractivity contribution >= 4 is 53.9 Å². The Balaban J connectivity index is 2.95. The summed E-state index contributed by atoms with van der Waals surface area (Å²) in [6.45, 7) is 1.51. The average Bonchev–Trinajstić information content (AvgIpc) is 2.40. The van der Waals surface area contributed by atoms with Crippen molar-refractivity contribution in [3.63, 3.8) is 0 Å². The summed E-state index contributed by atoms with van der Waals surface area (Å²) >= 11 is 5.93. The first-order chi connectivity index (χ1) is 10.4. The van der Waals surface area contributed by atoms with Crippen molar-refractivity contribution in [3.05, 3.63) is 22.7 Å². The Bertz CT molecular complexity index is 734. The summed E-state index contributed by atoms with van der Waals surface area (Å²) in [5.41, 5.74) is 0. The van der Waals surface area contributed by atoms with Crippen LogP contribution in [0.25, 0.3) is 0 Å². The summed E-state index contributed by atoms with van der Waals surface area (Å²) in [5, 5.41) is -5.23. The number of hydrogen-bond acceptors (Lipinski definition) is 7. The van der Waals surface area contributed by atoms with E-state index in [0.717, 1.165) is 18.2 Å². The van der Waals surface area contributed by atoms with Crippen molar-refractivity contribution in [1.82, 2.24) is 0 Å². The van der Waals surface area contributed by atoms with Crippen LogP contribution in [-0.4, -0.2) is 35.0 Å². The highest BCUT2D eigenvalue weighted by atomic mass is 79.9. The largest absolute Gasteiger partial charge is 0.743 e. The zero-order valence-corrected chi connectivity index (χ0v) is 15.1. The van der Waals surface area contributed by atoms with Gasteiger partial charge in [-0.2, -0.15) is 8.78 Å². The zero-order valence-electron chi connectivity index (χ0n) is 11.1. The van der Waals surface area contributed by atoms with Crippen LogP contribution in [0.2, 0.25) is 0 Å². The lowest BCUT2D eigenvalue weighted by atomic mass is 10.3. The molecule has 0 saturated heterocycles. The molecule has 0 spiro atoms. The van der Waals surface area contributed by atoms with Crippen LogP contribution in [0.5, 0.6) is 11.5 Å². The van der Waals surface area contributed by atoms with Crippen molar-refractivity contribution in [3.8, 4) is 11.5 Å². The smallest absolute Gasteiger partial charge is 0.429 e. The van der Waals surface area contributed by atoms with E-state index in [9.17, 15) is 31.3 Å². The molecule has 0 fully saturated rings. The summed E-state index contributed by atoms with van der Waals surface area (Å²) in [4.78, 5) is 21.9. The Morgan fingerprint density at radius 2 is 1.87 bits per heavy atom. The molecule has 0 aromatic heterocycles. The van der Waals surface area contributed by atoms with Gasteiger partial charge in [0.2, 0.25) is 0 Å². The molecule has 0 bridgehead atoms. The molecule has 12 heteroatoms. The van der Waals surface area contributed by atoms with Gasteiger partial charge in [-0.1, -0.05) is 15.9 Å². The van der Waals surface area contributed by atoms with Gasteiger partial charge in [-0.3, -0.25) is 4.79 Å². The Kier molecular flexibility index (Phi) is 6.24. The molecule has 1 atom stereocenters. The highest BCUT2D eigenvalue weighted by Crippen LogP contribution is 2.31. The monoisotopic (exact) mass is 479 g/mol. The minimum Gasteiger partial charge on any atom is -0.743 e. The van der Waals surface area contributed by atoms with Gasteiger partial charge in [-0.25, -0.2) is 13.2 Å². The normalized spacial score (nSPS) is 13.3. The third-order valence-electron chi connectivity index (χ3n) is 2.20. The van der Waals surface area contributed by atoms with Gasteiger partial charge >= 0.3 is 17.2 Å². The lowest BCUT2D eigenvalue weighted by Gasteiger charge is -2.18. The van der Waals surface area contributed by atoms with E-state index in [-0.39, 0.29) is 10.2 Å². The van der Waals surface area contributed by atoms with Crippen molar-refractivity contribution < 1.29 is 40.8 Å². The Morgan fingerprint density at radius 1 is 1.30 bits per heavy atom. The van der Waals surface area contributed by atoms with Crippen LogP contribution in [-0.2, 0) is 19.7 Å². The van der Waals surface area contributed by atoms with Crippen LogP contribution >= 0.6 is 31.9 Å². The summed E-state index contributed by atoms with van der Waals surface area (Å²) < 4.78 is 66.1. The van der Waals surface area contributed by atoms with Gasteiger partial charge < -0.3 is 14.0 Å². The van der Waals surface area contributed by atoms with E-state index in [1.54, 1.807) is 0 Å². The van der Waals surface area contributed by atoms with Gasteiger partial charge in [0, 0.05) is 0 Å². The Morgan fingerprint density at radius 3 is 2.30 bits per heavy atom. The quantitative estimate of drug-likeness (QED) is 0.275. The van der Waals surface area contributed by atoms with Crippen LogP contribution in [0.1, 0.15) is 6.92 Å². The minimum atomic E-state index is -6.21. The van der Waals surface area contributed by atoms with E-state index in [4.69, 9.17) is 4.74 Å². The third kappa shape index (κ3) is 4.93. The molecule has 1 aromatic rings. The lowest BCUT2D eigenvalue weighted by molar-refractivity contribution is -0.151. The van der Waals surface area contributed by atoms with E-state index in [1.807, 2.05) is 0 Å². The van der Waals surface area contributed by atoms with Crippen molar-refractivity contribution in [2.45, 2.75) is 17.0 Å². The van der Waals surface area contributed by atoms with Crippen molar-refractivity contribution in [2.24, 2.45) is 0 Å². The Hall–Kier alpha value is -1.11. The fourth-order valence-corrected chi connectivity index (χ4v) is 1.86. The van der Waals surface area contributed by atoms with Crippen LogP contribution in [0.3, 0.4) is 0 Å². The van der Waals surface area contributed by atoms with Crippen LogP contribution < -0.4 is 9.47 Å². The molecule has 1 rings (SSSR count). The number of hydrogen-bond donors (Lipinski definition) is 0. The standard InChI is InChI=1S/C11H8Br2F2O7S/c1-5(12)9(16)22-8-3-2-6(4-7(8)13)21-10(17)11(14,15)23(18,19)20/h2-5H,1H3,(H,18,19,20)/p-1. The van der Waals surface area contributed by atoms with E-state index in [2.05, 4.69) is 36.6 Å². The maximum Gasteiger partial charge on any atom is 0.429 e. The van der Waals surface area contributed by atoms with Gasteiger partial charge in [0.15, 0.2) is 10.1 Å². The second-order valence-corrected chi connectivity index (χ2v) is 7.64. The average molecular weight is 481 g/mol. The van der Waals surface area contributed by atoms with Gasteiger partial charge in [0.25, 0.3) is 0 Å². The minimum absolute atomic E-state index is 0.00399. The molecule has 1 aromatic carbocycles. The third-order valence-corrected chi connectivity index (χ3v) is 3.99. The lowest BCUT2D eigenvalue weighted by Crippen LogP contribution is -2.40. The number of esters is 2. The molecule has 0 N–H and O–H groups in total. The number of carbonyl (C=O) groups is 2. The molecule has 0 aliphatic heterocycles. The number of rotatable bonds is 5. The van der Waals surface area contributed by atoms with Crippen molar-refractivity contribution in [2.75, 3.05) is 0 Å². The van der Waals surface area contributed by atoms with Crippen LogP contribution in [0, 0.1) is 0 Å². The van der Waals surface area contributed by atoms with Gasteiger partial charge in [-0.15, -0.1) is 0 Å². The molecule has 128 valence electrons. The maximum absolute atomic E-state index is 13.0. The van der Waals surface area contributed by atoms with Gasteiger partial charge in [-0.05, 0) is 41.1 Å². The summed E-state index contributed by atoms with van der Waals surface area (Å²) in [5.74, 6) is -3.67. The molecule has 0 amide bonds. The van der Waals surface area contributed by atoms with Crippen LogP contribution in [0.4, 0.5) is 8.78 Å². The first-order valence-corrected chi connectivity index (χ1v) is 8.69. The SMILES string of the molecule is CC(Br)C(=O)Oc1ccc(OC(=O)C(F)(F)S(=O)(=O)[O-])cc1Br. The number of ether oxygens (including phenoxy) is 2. The predicted molar refractivity (Wildman–Crippen MR) is 78.4 cm³/mol. The highest BCUT2D eigenvalue weighted by Gasteiger charge is 2.48. The van der Waals surface area contributed by atoms with E-state index in [1.165, 1.54) is 6.92 Å². The fraction of sp³-hybridized carbons (Fsp3) is 0.273. The predicted octanol–water partition coefficient (Wildman–Crippen LogP) is 2.18.